The van der Waals surface area contributed by atoms with Crippen LogP contribution in [0.1, 0.15) is 23.3 Å². The predicted molar refractivity (Wildman–Crippen MR) is 63.6 cm³/mol. The number of likely N-dealkylation sites (tertiary alicyclic amines) is 1. The van der Waals surface area contributed by atoms with Crippen LogP contribution in [0.25, 0.3) is 0 Å². The van der Waals surface area contributed by atoms with Gasteiger partial charge in [0.15, 0.2) is 5.69 Å². The highest BCUT2D eigenvalue weighted by molar-refractivity contribution is 5.94. The van der Waals surface area contributed by atoms with Crippen LogP contribution in [0.5, 0.6) is 5.75 Å². The minimum atomic E-state index is -0.196. The van der Waals surface area contributed by atoms with Gasteiger partial charge in [0.25, 0.3) is 5.91 Å². The Hall–Kier alpha value is -1.62. The molecule has 1 fully saturated rings. The number of pyridine rings is 1. The first-order valence-electron chi connectivity index (χ1n) is 5.85. The number of piperidine rings is 1. The molecular formula is C12H17N3O2. The van der Waals surface area contributed by atoms with Gasteiger partial charge in [0.05, 0.1) is 0 Å². The van der Waals surface area contributed by atoms with Gasteiger partial charge in [-0.1, -0.05) is 0 Å². The lowest BCUT2D eigenvalue weighted by Gasteiger charge is -2.31. The first-order valence-corrected chi connectivity index (χ1v) is 5.85. The molecule has 0 aromatic carbocycles. The van der Waals surface area contributed by atoms with Gasteiger partial charge in [-0.3, -0.25) is 4.79 Å². The van der Waals surface area contributed by atoms with Crippen LogP contribution in [0.2, 0.25) is 0 Å². The second-order valence-electron chi connectivity index (χ2n) is 4.34. The molecule has 3 N–H and O–H groups in total. The van der Waals surface area contributed by atoms with Crippen molar-refractivity contribution < 1.29 is 9.90 Å². The number of aromatic nitrogens is 1. The van der Waals surface area contributed by atoms with E-state index in [2.05, 4.69) is 4.98 Å². The fourth-order valence-corrected chi connectivity index (χ4v) is 2.08. The van der Waals surface area contributed by atoms with Crippen LogP contribution in [-0.2, 0) is 0 Å². The Kier molecular flexibility index (Phi) is 3.58. The zero-order chi connectivity index (χ0) is 12.3. The molecule has 1 saturated heterocycles. The molecule has 17 heavy (non-hydrogen) atoms. The number of carbonyl (C=O) groups is 1. The van der Waals surface area contributed by atoms with Gasteiger partial charge in [-0.05, 0) is 37.4 Å². The second-order valence-corrected chi connectivity index (χ2v) is 4.34. The van der Waals surface area contributed by atoms with E-state index in [-0.39, 0.29) is 17.4 Å². The quantitative estimate of drug-likeness (QED) is 0.786. The van der Waals surface area contributed by atoms with Crippen LogP contribution in [0.3, 0.4) is 0 Å². The average molecular weight is 235 g/mol. The number of carbonyl (C=O) groups excluding carboxylic acids is 1. The van der Waals surface area contributed by atoms with E-state index in [4.69, 9.17) is 5.73 Å². The third kappa shape index (κ3) is 2.55. The molecule has 1 aromatic heterocycles. The number of nitrogens with zero attached hydrogens (tertiary/aromatic N) is 2. The third-order valence-electron chi connectivity index (χ3n) is 3.22. The summed E-state index contributed by atoms with van der Waals surface area (Å²) in [5.41, 5.74) is 5.74. The summed E-state index contributed by atoms with van der Waals surface area (Å²) < 4.78 is 0. The van der Waals surface area contributed by atoms with Gasteiger partial charge >= 0.3 is 0 Å². The summed E-state index contributed by atoms with van der Waals surface area (Å²) in [4.78, 5) is 17.7. The van der Waals surface area contributed by atoms with E-state index in [1.165, 1.54) is 12.3 Å². The summed E-state index contributed by atoms with van der Waals surface area (Å²) in [6.07, 6.45) is 3.37. The van der Waals surface area contributed by atoms with E-state index in [0.29, 0.717) is 25.6 Å². The van der Waals surface area contributed by atoms with E-state index < -0.39 is 0 Å². The second kappa shape index (κ2) is 5.14. The maximum absolute atomic E-state index is 12.1. The molecule has 5 heteroatoms. The molecule has 92 valence electrons. The normalized spacial score (nSPS) is 17.1. The zero-order valence-electron chi connectivity index (χ0n) is 9.67. The first kappa shape index (κ1) is 11.9. The van der Waals surface area contributed by atoms with Crippen molar-refractivity contribution in [3.05, 3.63) is 24.0 Å². The van der Waals surface area contributed by atoms with Gasteiger partial charge in [0, 0.05) is 19.3 Å². The SMILES string of the molecule is NCC1CCN(C(=O)c2ncccc2O)CC1. The summed E-state index contributed by atoms with van der Waals surface area (Å²) in [7, 11) is 0. The van der Waals surface area contributed by atoms with Gasteiger partial charge < -0.3 is 15.7 Å². The Morgan fingerprint density at radius 3 is 2.82 bits per heavy atom. The summed E-state index contributed by atoms with van der Waals surface area (Å²) >= 11 is 0. The number of aromatic hydroxyl groups is 1. The molecule has 0 aliphatic carbocycles. The molecule has 0 unspecified atom stereocenters. The lowest BCUT2D eigenvalue weighted by molar-refractivity contribution is 0.0684. The van der Waals surface area contributed by atoms with Crippen LogP contribution >= 0.6 is 0 Å². The number of rotatable bonds is 2. The van der Waals surface area contributed by atoms with Gasteiger partial charge in [-0.2, -0.15) is 0 Å². The summed E-state index contributed by atoms with van der Waals surface area (Å²) in [5.74, 6) is 0.258. The minimum absolute atomic E-state index is 0.0570. The molecule has 2 heterocycles. The summed E-state index contributed by atoms with van der Waals surface area (Å²) in [5, 5.41) is 9.58. The maximum atomic E-state index is 12.1. The first-order chi connectivity index (χ1) is 8.22. The van der Waals surface area contributed by atoms with E-state index in [9.17, 15) is 9.90 Å². The fraction of sp³-hybridized carbons (Fsp3) is 0.500. The van der Waals surface area contributed by atoms with Crippen LogP contribution < -0.4 is 5.73 Å². The van der Waals surface area contributed by atoms with Crippen LogP contribution in [-0.4, -0.2) is 40.5 Å². The van der Waals surface area contributed by atoms with E-state index >= 15 is 0 Å². The van der Waals surface area contributed by atoms with E-state index in [0.717, 1.165) is 12.8 Å². The highest BCUT2D eigenvalue weighted by atomic mass is 16.3. The average Bonchev–Trinajstić information content (AvgIpc) is 2.39. The molecule has 1 aromatic rings. The van der Waals surface area contributed by atoms with E-state index in [1.807, 2.05) is 0 Å². The Labute approximate surface area is 100 Å². The molecule has 0 spiro atoms. The van der Waals surface area contributed by atoms with Crippen LogP contribution in [0.15, 0.2) is 18.3 Å². The standard InChI is InChI=1S/C12H17N3O2/c13-8-9-3-6-15(7-4-9)12(17)11-10(16)2-1-5-14-11/h1-2,5,9,16H,3-4,6-8,13H2. The molecule has 0 radical (unpaired) electrons. The van der Waals surface area contributed by atoms with E-state index in [1.54, 1.807) is 11.0 Å². The highest BCUT2D eigenvalue weighted by Gasteiger charge is 2.25. The molecule has 1 aliphatic heterocycles. The molecule has 0 saturated carbocycles. The summed E-state index contributed by atoms with van der Waals surface area (Å²) in [6.45, 7) is 2.06. The van der Waals surface area contributed by atoms with Gasteiger partial charge in [0.2, 0.25) is 0 Å². The molecule has 1 aliphatic rings. The Bertz CT molecular complexity index is 400. The van der Waals surface area contributed by atoms with Crippen LogP contribution in [0.4, 0.5) is 0 Å². The van der Waals surface area contributed by atoms with Crippen molar-refractivity contribution in [3.8, 4) is 5.75 Å². The molecule has 0 bridgehead atoms. The van der Waals surface area contributed by atoms with Crippen molar-refractivity contribution in [1.29, 1.82) is 0 Å². The zero-order valence-corrected chi connectivity index (χ0v) is 9.67. The maximum Gasteiger partial charge on any atom is 0.276 e. The van der Waals surface area contributed by atoms with Gasteiger partial charge in [-0.25, -0.2) is 4.98 Å². The lowest BCUT2D eigenvalue weighted by atomic mass is 9.97. The van der Waals surface area contributed by atoms with Gasteiger partial charge in [-0.15, -0.1) is 0 Å². The highest BCUT2D eigenvalue weighted by Crippen LogP contribution is 2.20. The van der Waals surface area contributed by atoms with Crippen molar-refractivity contribution in [1.82, 2.24) is 9.88 Å². The molecule has 2 rings (SSSR count). The van der Waals surface area contributed by atoms with Crippen molar-refractivity contribution in [2.75, 3.05) is 19.6 Å². The topological polar surface area (TPSA) is 79.5 Å². The summed E-state index contributed by atoms with van der Waals surface area (Å²) in [6, 6.07) is 3.08. The minimum Gasteiger partial charge on any atom is -0.505 e. The van der Waals surface area contributed by atoms with Crippen molar-refractivity contribution in [2.24, 2.45) is 11.7 Å². The fourth-order valence-electron chi connectivity index (χ4n) is 2.08. The molecule has 0 atom stereocenters. The number of hydrogen-bond donors (Lipinski definition) is 2. The molecule has 1 amide bonds. The third-order valence-corrected chi connectivity index (χ3v) is 3.22. The smallest absolute Gasteiger partial charge is 0.276 e. The van der Waals surface area contributed by atoms with Crippen LogP contribution in [0, 0.1) is 5.92 Å². The lowest BCUT2D eigenvalue weighted by Crippen LogP contribution is -2.40. The Morgan fingerprint density at radius 2 is 2.24 bits per heavy atom. The Balaban J connectivity index is 2.04. The number of amides is 1. The number of nitrogens with two attached hydrogens (primary N) is 1. The molecular weight excluding hydrogens is 218 g/mol. The number of hydrogen-bond acceptors (Lipinski definition) is 4. The largest absolute Gasteiger partial charge is 0.505 e. The molecule has 5 nitrogen and oxygen atoms in total. The predicted octanol–water partition coefficient (Wildman–Crippen LogP) is 0.598. The monoisotopic (exact) mass is 235 g/mol. The van der Waals surface area contributed by atoms with Crippen molar-refractivity contribution >= 4 is 5.91 Å². The van der Waals surface area contributed by atoms with Crippen molar-refractivity contribution in [2.45, 2.75) is 12.8 Å². The van der Waals surface area contributed by atoms with Crippen molar-refractivity contribution in [3.63, 3.8) is 0 Å². The Morgan fingerprint density at radius 1 is 1.53 bits per heavy atom. The van der Waals surface area contributed by atoms with Gasteiger partial charge in [0.1, 0.15) is 5.75 Å².